The normalized spacial score (nSPS) is 14.5. The van der Waals surface area contributed by atoms with Crippen LogP contribution in [0.2, 0.25) is 0 Å². The highest BCUT2D eigenvalue weighted by molar-refractivity contribution is 5.32. The zero-order valence-electron chi connectivity index (χ0n) is 9.58. The molecule has 0 aliphatic rings. The summed E-state index contributed by atoms with van der Waals surface area (Å²) >= 11 is 0. The fourth-order valence-electron chi connectivity index (χ4n) is 1.47. The topological polar surface area (TPSA) is 61.7 Å². The lowest BCUT2D eigenvalue weighted by Gasteiger charge is -2.19. The Morgan fingerprint density at radius 1 is 1.29 bits per heavy atom. The number of halogens is 2. The molecule has 2 atom stereocenters. The van der Waals surface area contributed by atoms with Crippen LogP contribution in [0.25, 0.3) is 0 Å². The number of benzene rings is 1. The fourth-order valence-corrected chi connectivity index (χ4v) is 1.47. The van der Waals surface area contributed by atoms with Crippen molar-refractivity contribution in [3.05, 3.63) is 29.3 Å². The van der Waals surface area contributed by atoms with Crippen molar-refractivity contribution >= 4 is 0 Å². The molecule has 0 spiro atoms. The standard InChI is InChI=1S/C11H15F2NO3/c1-14-5-9(15)11(16)10-7(12)3-6(17-2)4-8(10)13/h3-4,9,11,14-16H,5H2,1-2H3. The molecule has 0 heterocycles. The van der Waals surface area contributed by atoms with Crippen LogP contribution >= 0.6 is 0 Å². The number of hydrogen-bond donors (Lipinski definition) is 3. The van der Waals surface area contributed by atoms with E-state index in [2.05, 4.69) is 10.1 Å². The summed E-state index contributed by atoms with van der Waals surface area (Å²) < 4.78 is 31.8. The molecule has 0 aromatic heterocycles. The zero-order chi connectivity index (χ0) is 13.0. The summed E-state index contributed by atoms with van der Waals surface area (Å²) in [5, 5.41) is 21.7. The van der Waals surface area contributed by atoms with Crippen molar-refractivity contribution in [3.63, 3.8) is 0 Å². The van der Waals surface area contributed by atoms with E-state index in [1.54, 1.807) is 7.05 Å². The molecule has 1 aromatic carbocycles. The molecule has 2 unspecified atom stereocenters. The van der Waals surface area contributed by atoms with Crippen LogP contribution in [0.15, 0.2) is 12.1 Å². The number of aliphatic hydroxyl groups excluding tert-OH is 2. The average molecular weight is 247 g/mol. The van der Waals surface area contributed by atoms with Gasteiger partial charge in [-0.2, -0.15) is 0 Å². The molecule has 1 rings (SSSR count). The van der Waals surface area contributed by atoms with Crippen LogP contribution in [-0.2, 0) is 0 Å². The van der Waals surface area contributed by atoms with Gasteiger partial charge in [-0.25, -0.2) is 8.78 Å². The van der Waals surface area contributed by atoms with E-state index in [0.29, 0.717) is 0 Å². The van der Waals surface area contributed by atoms with Gasteiger partial charge in [-0.1, -0.05) is 0 Å². The molecule has 0 bridgehead atoms. The Bertz CT molecular complexity index is 364. The number of aliphatic hydroxyl groups is 2. The molecule has 0 aliphatic carbocycles. The summed E-state index contributed by atoms with van der Waals surface area (Å²) in [6, 6.07) is 1.90. The summed E-state index contributed by atoms with van der Waals surface area (Å²) in [5.41, 5.74) is -0.562. The van der Waals surface area contributed by atoms with Gasteiger partial charge in [-0.05, 0) is 7.05 Å². The van der Waals surface area contributed by atoms with Crippen molar-refractivity contribution < 1.29 is 23.7 Å². The van der Waals surface area contributed by atoms with E-state index in [-0.39, 0.29) is 12.3 Å². The van der Waals surface area contributed by atoms with Gasteiger partial charge in [0.25, 0.3) is 0 Å². The predicted molar refractivity (Wildman–Crippen MR) is 57.8 cm³/mol. The smallest absolute Gasteiger partial charge is 0.135 e. The van der Waals surface area contributed by atoms with E-state index in [9.17, 15) is 19.0 Å². The largest absolute Gasteiger partial charge is 0.497 e. The quantitative estimate of drug-likeness (QED) is 0.712. The summed E-state index contributed by atoms with van der Waals surface area (Å²) in [7, 11) is 2.83. The van der Waals surface area contributed by atoms with Crippen LogP contribution in [0.4, 0.5) is 8.78 Å². The van der Waals surface area contributed by atoms with Crippen molar-refractivity contribution in [3.8, 4) is 5.75 Å². The molecule has 17 heavy (non-hydrogen) atoms. The number of ether oxygens (including phenoxy) is 1. The number of methoxy groups -OCH3 is 1. The monoisotopic (exact) mass is 247 g/mol. The third-order valence-electron chi connectivity index (χ3n) is 2.36. The van der Waals surface area contributed by atoms with Crippen LogP contribution in [0.1, 0.15) is 11.7 Å². The maximum Gasteiger partial charge on any atom is 0.135 e. The van der Waals surface area contributed by atoms with E-state index >= 15 is 0 Å². The van der Waals surface area contributed by atoms with Gasteiger partial charge in [0.1, 0.15) is 23.5 Å². The minimum Gasteiger partial charge on any atom is -0.497 e. The van der Waals surface area contributed by atoms with Crippen molar-refractivity contribution in [1.29, 1.82) is 0 Å². The lowest BCUT2D eigenvalue weighted by molar-refractivity contribution is 0.0158. The Labute approximate surface area is 97.8 Å². The van der Waals surface area contributed by atoms with Crippen LogP contribution in [-0.4, -0.2) is 37.0 Å². The Kier molecular flexibility index (Phi) is 4.80. The highest BCUT2D eigenvalue weighted by atomic mass is 19.1. The third kappa shape index (κ3) is 3.12. The summed E-state index contributed by atoms with van der Waals surface area (Å²) in [6.07, 6.45) is -2.93. The van der Waals surface area contributed by atoms with E-state index in [1.807, 2.05) is 0 Å². The van der Waals surface area contributed by atoms with E-state index in [0.717, 1.165) is 12.1 Å². The molecule has 0 radical (unpaired) electrons. The minimum absolute atomic E-state index is 0.0130. The van der Waals surface area contributed by atoms with Crippen LogP contribution < -0.4 is 10.1 Å². The van der Waals surface area contributed by atoms with Crippen LogP contribution in [0, 0.1) is 11.6 Å². The first kappa shape index (κ1) is 13.8. The van der Waals surface area contributed by atoms with Crippen molar-refractivity contribution in [2.24, 2.45) is 0 Å². The van der Waals surface area contributed by atoms with E-state index in [1.165, 1.54) is 7.11 Å². The number of likely N-dealkylation sites (N-methyl/N-ethyl adjacent to an activating group) is 1. The molecule has 1 aromatic rings. The van der Waals surface area contributed by atoms with Gasteiger partial charge in [0, 0.05) is 18.7 Å². The fraction of sp³-hybridized carbons (Fsp3) is 0.455. The Morgan fingerprint density at radius 3 is 2.24 bits per heavy atom. The Morgan fingerprint density at radius 2 is 1.82 bits per heavy atom. The van der Waals surface area contributed by atoms with Crippen molar-refractivity contribution in [1.82, 2.24) is 5.32 Å². The summed E-state index contributed by atoms with van der Waals surface area (Å²) in [4.78, 5) is 0. The van der Waals surface area contributed by atoms with Gasteiger partial charge in [0.05, 0.1) is 18.8 Å². The lowest BCUT2D eigenvalue weighted by atomic mass is 10.0. The van der Waals surface area contributed by atoms with Crippen LogP contribution in [0.5, 0.6) is 5.75 Å². The molecule has 0 saturated carbocycles. The molecular weight excluding hydrogens is 232 g/mol. The second-order valence-electron chi connectivity index (χ2n) is 3.57. The second kappa shape index (κ2) is 5.90. The number of hydrogen-bond acceptors (Lipinski definition) is 4. The maximum atomic E-state index is 13.5. The molecular formula is C11H15F2NO3. The first-order valence-electron chi connectivity index (χ1n) is 5.05. The highest BCUT2D eigenvalue weighted by Gasteiger charge is 2.25. The average Bonchev–Trinajstić information content (AvgIpc) is 2.28. The Hall–Kier alpha value is -1.24. The number of nitrogens with one attached hydrogen (secondary N) is 1. The summed E-state index contributed by atoms with van der Waals surface area (Å²) in [5.74, 6) is -1.90. The summed E-state index contributed by atoms with van der Waals surface area (Å²) in [6.45, 7) is 0.0199. The zero-order valence-corrected chi connectivity index (χ0v) is 9.58. The van der Waals surface area contributed by atoms with Gasteiger partial charge in [-0.15, -0.1) is 0 Å². The molecule has 3 N–H and O–H groups in total. The van der Waals surface area contributed by atoms with E-state index in [4.69, 9.17) is 0 Å². The molecule has 4 nitrogen and oxygen atoms in total. The molecule has 0 aliphatic heterocycles. The van der Waals surface area contributed by atoms with Gasteiger partial charge < -0.3 is 20.3 Å². The molecule has 6 heteroatoms. The SMILES string of the molecule is CNCC(O)C(O)c1c(F)cc(OC)cc1F. The predicted octanol–water partition coefficient (Wildman–Crippen LogP) is 0.587. The third-order valence-corrected chi connectivity index (χ3v) is 2.36. The van der Waals surface area contributed by atoms with Gasteiger partial charge in [-0.3, -0.25) is 0 Å². The minimum atomic E-state index is -1.63. The first-order chi connectivity index (χ1) is 8.01. The Balaban J connectivity index is 3.05. The van der Waals surface area contributed by atoms with Gasteiger partial charge >= 0.3 is 0 Å². The highest BCUT2D eigenvalue weighted by Crippen LogP contribution is 2.27. The lowest BCUT2D eigenvalue weighted by Crippen LogP contribution is -2.30. The molecule has 0 saturated heterocycles. The van der Waals surface area contributed by atoms with Crippen molar-refractivity contribution in [2.45, 2.75) is 12.2 Å². The first-order valence-corrected chi connectivity index (χ1v) is 5.05. The second-order valence-corrected chi connectivity index (χ2v) is 3.57. The van der Waals surface area contributed by atoms with Crippen molar-refractivity contribution in [2.75, 3.05) is 20.7 Å². The maximum absolute atomic E-state index is 13.5. The number of rotatable bonds is 5. The van der Waals surface area contributed by atoms with Crippen LogP contribution in [0.3, 0.4) is 0 Å². The molecule has 96 valence electrons. The molecule has 0 fully saturated rings. The van der Waals surface area contributed by atoms with E-state index < -0.39 is 29.4 Å². The molecule has 0 amide bonds. The van der Waals surface area contributed by atoms with Gasteiger partial charge in [0.2, 0.25) is 0 Å². The van der Waals surface area contributed by atoms with Gasteiger partial charge in [0.15, 0.2) is 0 Å².